The molecule has 0 spiro atoms. The first kappa shape index (κ1) is 13.9. The van der Waals surface area contributed by atoms with Gasteiger partial charge in [-0.05, 0) is 12.8 Å². The largest absolute Gasteiger partial charge is 0.469 e. The summed E-state index contributed by atoms with van der Waals surface area (Å²) >= 11 is 0. The highest BCUT2D eigenvalue weighted by Crippen LogP contribution is 2.02. The number of aryl methyl sites for hydroxylation is 2. The second-order valence-electron chi connectivity index (χ2n) is 4.45. The molecule has 1 aromatic rings. The number of hydrogen-bond acceptors (Lipinski definition) is 1. The summed E-state index contributed by atoms with van der Waals surface area (Å²) in [5.74, 6) is 0. The summed E-state index contributed by atoms with van der Waals surface area (Å²) in [5, 5.41) is 0. The van der Waals surface area contributed by atoms with Crippen LogP contribution in [-0.2, 0) is 13.1 Å². The van der Waals surface area contributed by atoms with Crippen molar-refractivity contribution < 1.29 is 4.42 Å². The van der Waals surface area contributed by atoms with Crippen molar-refractivity contribution in [1.29, 1.82) is 0 Å². The fourth-order valence-corrected chi connectivity index (χ4v) is 1.88. The molecule has 0 bridgehead atoms. The van der Waals surface area contributed by atoms with Gasteiger partial charge < -0.3 is 4.42 Å². The van der Waals surface area contributed by atoms with Gasteiger partial charge in [0.1, 0.15) is 12.5 Å². The van der Waals surface area contributed by atoms with Gasteiger partial charge in [-0.15, -0.1) is 0 Å². The molecule has 0 aliphatic carbocycles. The average Bonchev–Trinajstić information content (AvgIpc) is 2.56. The maximum Gasteiger partial charge on any atom is 0.108 e. The van der Waals surface area contributed by atoms with Crippen LogP contribution in [0, 0.1) is 0 Å². The predicted octanol–water partition coefficient (Wildman–Crippen LogP) is 4.39. The normalized spacial score (nSPS) is 10.5. The van der Waals surface area contributed by atoms with Gasteiger partial charge in [-0.1, -0.05) is 39.5 Å². The molecule has 0 fully saturated rings. The minimum absolute atomic E-state index is 1.07. The van der Waals surface area contributed by atoms with Crippen LogP contribution in [0.25, 0.3) is 0 Å². The fourth-order valence-electron chi connectivity index (χ4n) is 1.88. The lowest BCUT2D eigenvalue weighted by Crippen LogP contribution is -2.14. The minimum Gasteiger partial charge on any atom is -0.469 e. The second-order valence-corrected chi connectivity index (χ2v) is 4.45. The lowest BCUT2D eigenvalue weighted by molar-refractivity contribution is 0.411. The maximum absolute atomic E-state index is 5.22. The number of hydrogen-bond donors (Lipinski definition) is 0. The number of nitrogens with zero attached hydrogens (tertiary/aromatic N) is 2. The van der Waals surface area contributed by atoms with Crippen LogP contribution in [0.5, 0.6) is 0 Å². The van der Waals surface area contributed by atoms with Crippen LogP contribution in [-0.4, -0.2) is 9.36 Å². The van der Waals surface area contributed by atoms with Gasteiger partial charge in [0, 0.05) is 13.1 Å². The van der Waals surface area contributed by atoms with Gasteiger partial charge in [0.15, 0.2) is 0 Å². The van der Waals surface area contributed by atoms with Gasteiger partial charge in [0.2, 0.25) is 0 Å². The number of aromatic nitrogens is 2. The van der Waals surface area contributed by atoms with Crippen molar-refractivity contribution in [2.45, 2.75) is 65.5 Å². The molecular weight excluding hydrogens is 212 g/mol. The molecule has 0 radical (unpaired) electrons. The Hall–Kier alpha value is -1.12. The SMILES string of the molecule is CCCCCn1ccoccn1CCCCC. The van der Waals surface area contributed by atoms with E-state index in [0.717, 1.165) is 13.1 Å². The van der Waals surface area contributed by atoms with Crippen LogP contribution in [0.15, 0.2) is 29.3 Å². The summed E-state index contributed by atoms with van der Waals surface area (Å²) < 4.78 is 9.74. The van der Waals surface area contributed by atoms with Crippen molar-refractivity contribution in [1.82, 2.24) is 9.36 Å². The Bertz CT molecular complexity index is 291. The summed E-state index contributed by atoms with van der Waals surface area (Å²) in [6, 6.07) is 0. The minimum atomic E-state index is 1.07. The van der Waals surface area contributed by atoms with E-state index in [1.54, 1.807) is 12.5 Å². The summed E-state index contributed by atoms with van der Waals surface area (Å²) in [4.78, 5) is 0. The molecular formula is C14H26N2O. The molecule has 0 atom stereocenters. The van der Waals surface area contributed by atoms with E-state index in [9.17, 15) is 0 Å². The third-order valence-electron chi connectivity index (χ3n) is 2.93. The molecule has 0 amide bonds. The first-order valence-electron chi connectivity index (χ1n) is 6.90. The molecule has 0 aliphatic heterocycles. The maximum atomic E-state index is 5.22. The van der Waals surface area contributed by atoms with Crippen LogP contribution in [0.1, 0.15) is 52.4 Å². The first-order chi connectivity index (χ1) is 8.38. The molecule has 0 saturated heterocycles. The molecule has 3 heteroatoms. The summed E-state index contributed by atoms with van der Waals surface area (Å²) in [6.45, 7) is 6.62. The van der Waals surface area contributed by atoms with Crippen LogP contribution >= 0.6 is 0 Å². The summed E-state index contributed by atoms with van der Waals surface area (Å²) in [5.41, 5.74) is 0. The van der Waals surface area contributed by atoms with Gasteiger partial charge in [-0.3, -0.25) is 9.36 Å². The zero-order valence-corrected chi connectivity index (χ0v) is 11.3. The molecule has 0 aromatic carbocycles. The molecule has 98 valence electrons. The van der Waals surface area contributed by atoms with E-state index in [4.69, 9.17) is 4.42 Å². The highest BCUT2D eigenvalue weighted by atomic mass is 16.3. The van der Waals surface area contributed by atoms with E-state index in [1.807, 2.05) is 12.4 Å². The standard InChI is InChI=1S/C14H26N2O/c1-3-5-7-9-15-11-13-17-14-12-16(15)10-8-6-4-2/h11-14H,3-10H2,1-2H3. The van der Waals surface area contributed by atoms with Crippen molar-refractivity contribution in [2.75, 3.05) is 0 Å². The molecule has 0 aliphatic rings. The van der Waals surface area contributed by atoms with Crippen LogP contribution in [0.2, 0.25) is 0 Å². The van der Waals surface area contributed by atoms with Crippen molar-refractivity contribution in [3.05, 3.63) is 24.9 Å². The zero-order chi connectivity index (χ0) is 12.3. The topological polar surface area (TPSA) is 23.0 Å². The van der Waals surface area contributed by atoms with Gasteiger partial charge in [-0.25, -0.2) is 0 Å². The third kappa shape index (κ3) is 5.66. The second kappa shape index (κ2) is 8.97. The lowest BCUT2D eigenvalue weighted by Gasteiger charge is -2.14. The molecule has 1 rings (SSSR count). The van der Waals surface area contributed by atoms with E-state index < -0.39 is 0 Å². The van der Waals surface area contributed by atoms with E-state index in [-0.39, 0.29) is 0 Å². The molecule has 1 heterocycles. The first-order valence-corrected chi connectivity index (χ1v) is 6.90. The number of unbranched alkanes of at least 4 members (excludes halogenated alkanes) is 4. The number of rotatable bonds is 8. The molecule has 0 saturated carbocycles. The van der Waals surface area contributed by atoms with E-state index in [0.29, 0.717) is 0 Å². The molecule has 3 nitrogen and oxygen atoms in total. The predicted molar refractivity (Wildman–Crippen MR) is 71.4 cm³/mol. The Kier molecular flexibility index (Phi) is 7.35. The molecule has 17 heavy (non-hydrogen) atoms. The quantitative estimate of drug-likeness (QED) is 0.616. The molecule has 1 aromatic heterocycles. The Morgan fingerprint density at radius 1 is 0.765 bits per heavy atom. The van der Waals surface area contributed by atoms with E-state index in [2.05, 4.69) is 23.2 Å². The Balaban J connectivity index is 2.62. The van der Waals surface area contributed by atoms with E-state index >= 15 is 0 Å². The van der Waals surface area contributed by atoms with Gasteiger partial charge in [-0.2, -0.15) is 0 Å². The van der Waals surface area contributed by atoms with Crippen LogP contribution < -0.4 is 0 Å². The third-order valence-corrected chi connectivity index (χ3v) is 2.93. The van der Waals surface area contributed by atoms with Crippen LogP contribution in [0.4, 0.5) is 0 Å². The molecule has 0 unspecified atom stereocenters. The highest BCUT2D eigenvalue weighted by Gasteiger charge is 1.95. The van der Waals surface area contributed by atoms with Gasteiger partial charge >= 0.3 is 0 Å². The van der Waals surface area contributed by atoms with E-state index in [1.165, 1.54) is 38.5 Å². The molecule has 0 N–H and O–H groups in total. The van der Waals surface area contributed by atoms with Crippen molar-refractivity contribution >= 4 is 0 Å². The van der Waals surface area contributed by atoms with Crippen LogP contribution in [0.3, 0.4) is 0 Å². The van der Waals surface area contributed by atoms with Crippen molar-refractivity contribution in [3.63, 3.8) is 0 Å². The van der Waals surface area contributed by atoms with Crippen molar-refractivity contribution in [3.8, 4) is 0 Å². The van der Waals surface area contributed by atoms with Gasteiger partial charge in [0.25, 0.3) is 0 Å². The Morgan fingerprint density at radius 2 is 1.24 bits per heavy atom. The van der Waals surface area contributed by atoms with Crippen molar-refractivity contribution in [2.24, 2.45) is 0 Å². The van der Waals surface area contributed by atoms with Gasteiger partial charge in [0.05, 0.1) is 12.4 Å². The lowest BCUT2D eigenvalue weighted by atomic mass is 10.2. The fraction of sp³-hybridized carbons (Fsp3) is 0.714. The summed E-state index contributed by atoms with van der Waals surface area (Å²) in [6.07, 6.45) is 15.1. The summed E-state index contributed by atoms with van der Waals surface area (Å²) in [7, 11) is 0. The monoisotopic (exact) mass is 238 g/mol. The Labute approximate surface area is 105 Å². The highest BCUT2D eigenvalue weighted by molar-refractivity contribution is 4.70. The smallest absolute Gasteiger partial charge is 0.108 e. The zero-order valence-electron chi connectivity index (χ0n) is 11.3. The Morgan fingerprint density at radius 3 is 1.65 bits per heavy atom. The average molecular weight is 238 g/mol.